The van der Waals surface area contributed by atoms with Crippen LogP contribution in [-0.2, 0) is 9.84 Å². The lowest BCUT2D eigenvalue weighted by molar-refractivity contribution is 0.595. The Morgan fingerprint density at radius 1 is 1.05 bits per heavy atom. The average Bonchev–Trinajstić information content (AvgIpc) is 2.45. The number of rotatable bonds is 5. The van der Waals surface area contributed by atoms with E-state index in [-0.39, 0.29) is 5.88 Å². The van der Waals surface area contributed by atoms with Gasteiger partial charge in [-0.3, -0.25) is 0 Å². The first-order valence-corrected chi connectivity index (χ1v) is 9.49. The van der Waals surface area contributed by atoms with Gasteiger partial charge in [0.2, 0.25) is 0 Å². The highest BCUT2D eigenvalue weighted by Gasteiger charge is 2.27. The maximum Gasteiger partial charge on any atom is 0.192 e. The van der Waals surface area contributed by atoms with Gasteiger partial charge in [0.25, 0.3) is 0 Å². The van der Waals surface area contributed by atoms with Crippen molar-refractivity contribution in [2.75, 3.05) is 5.88 Å². The summed E-state index contributed by atoms with van der Waals surface area (Å²) in [6, 6.07) is 14.7. The monoisotopic (exact) mass is 340 g/mol. The third-order valence-electron chi connectivity index (χ3n) is 3.08. The number of halogens is 1. The Kier molecular flexibility index (Phi) is 5.36. The van der Waals surface area contributed by atoms with Gasteiger partial charge in [-0.2, -0.15) is 0 Å². The standard InChI is InChI=1S/C16H17ClO2S2/c1-12-6-8-15(9-7-12)21(18,19)16(11-17)20-14-5-3-4-13(2)10-14/h3-10,16H,11H2,1-2H3. The van der Waals surface area contributed by atoms with Gasteiger partial charge in [0.1, 0.15) is 4.58 Å². The Labute approximate surface area is 135 Å². The van der Waals surface area contributed by atoms with Crippen molar-refractivity contribution in [2.24, 2.45) is 0 Å². The number of sulfone groups is 1. The Balaban J connectivity index is 2.29. The van der Waals surface area contributed by atoms with Crippen LogP contribution in [0.3, 0.4) is 0 Å². The Hall–Kier alpha value is -0.970. The fraction of sp³-hybridized carbons (Fsp3) is 0.250. The third-order valence-corrected chi connectivity index (χ3v) is 7.55. The van der Waals surface area contributed by atoms with Gasteiger partial charge < -0.3 is 0 Å². The predicted molar refractivity (Wildman–Crippen MR) is 89.9 cm³/mol. The summed E-state index contributed by atoms with van der Waals surface area (Å²) in [5.74, 6) is 0.0504. The lowest BCUT2D eigenvalue weighted by Gasteiger charge is -2.15. The van der Waals surface area contributed by atoms with Crippen molar-refractivity contribution < 1.29 is 8.42 Å². The van der Waals surface area contributed by atoms with Crippen molar-refractivity contribution in [3.05, 3.63) is 59.7 Å². The second-order valence-corrected chi connectivity index (χ2v) is 8.89. The lowest BCUT2D eigenvalue weighted by atomic mass is 10.2. The van der Waals surface area contributed by atoms with Crippen LogP contribution in [-0.4, -0.2) is 18.9 Å². The smallest absolute Gasteiger partial charge is 0.192 e. The zero-order valence-electron chi connectivity index (χ0n) is 11.9. The topological polar surface area (TPSA) is 34.1 Å². The quantitative estimate of drug-likeness (QED) is 0.596. The molecule has 2 rings (SSSR count). The molecule has 0 saturated heterocycles. The van der Waals surface area contributed by atoms with Crippen LogP contribution < -0.4 is 0 Å². The average molecular weight is 341 g/mol. The van der Waals surface area contributed by atoms with E-state index in [9.17, 15) is 8.42 Å². The number of alkyl halides is 1. The predicted octanol–water partition coefficient (Wildman–Crippen LogP) is 4.43. The van der Waals surface area contributed by atoms with Crippen molar-refractivity contribution in [1.29, 1.82) is 0 Å². The molecule has 1 atom stereocenters. The van der Waals surface area contributed by atoms with Gasteiger partial charge in [-0.25, -0.2) is 8.42 Å². The molecule has 0 amide bonds. The first-order chi connectivity index (χ1) is 9.93. The van der Waals surface area contributed by atoms with Crippen molar-refractivity contribution in [2.45, 2.75) is 28.2 Å². The fourth-order valence-electron chi connectivity index (χ4n) is 1.90. The van der Waals surface area contributed by atoms with Crippen molar-refractivity contribution in [1.82, 2.24) is 0 Å². The van der Waals surface area contributed by atoms with Gasteiger partial charge >= 0.3 is 0 Å². The molecule has 112 valence electrons. The molecule has 2 aromatic rings. The molecule has 0 aliphatic rings. The van der Waals surface area contributed by atoms with Gasteiger partial charge in [0.05, 0.1) is 4.90 Å². The fourth-order valence-corrected chi connectivity index (χ4v) is 5.52. The van der Waals surface area contributed by atoms with E-state index in [0.717, 1.165) is 16.0 Å². The highest BCUT2D eigenvalue weighted by Crippen LogP contribution is 2.32. The molecule has 21 heavy (non-hydrogen) atoms. The number of benzene rings is 2. The maximum absolute atomic E-state index is 12.7. The summed E-state index contributed by atoms with van der Waals surface area (Å²) in [7, 11) is -3.45. The Morgan fingerprint density at radius 2 is 1.71 bits per heavy atom. The number of thioether (sulfide) groups is 1. The van der Waals surface area contributed by atoms with E-state index < -0.39 is 14.4 Å². The minimum absolute atomic E-state index is 0.0504. The lowest BCUT2D eigenvalue weighted by Crippen LogP contribution is -2.19. The van der Waals surface area contributed by atoms with Gasteiger partial charge in [-0.1, -0.05) is 35.4 Å². The van der Waals surface area contributed by atoms with E-state index in [1.54, 1.807) is 24.3 Å². The summed E-state index contributed by atoms with van der Waals surface area (Å²) in [4.78, 5) is 1.23. The molecule has 0 radical (unpaired) electrons. The molecule has 2 aromatic carbocycles. The second-order valence-electron chi connectivity index (χ2n) is 4.88. The molecule has 0 aliphatic heterocycles. The van der Waals surface area contributed by atoms with Crippen LogP contribution >= 0.6 is 23.4 Å². The first kappa shape index (κ1) is 16.4. The van der Waals surface area contributed by atoms with E-state index in [1.807, 2.05) is 38.1 Å². The normalized spacial score (nSPS) is 13.1. The molecule has 5 heteroatoms. The summed E-state index contributed by atoms with van der Waals surface area (Å²) in [6.45, 7) is 3.91. The van der Waals surface area contributed by atoms with E-state index in [1.165, 1.54) is 11.8 Å². The highest BCUT2D eigenvalue weighted by atomic mass is 35.5. The second kappa shape index (κ2) is 6.86. The molecule has 2 nitrogen and oxygen atoms in total. The minimum Gasteiger partial charge on any atom is -0.222 e. The zero-order valence-corrected chi connectivity index (χ0v) is 14.3. The summed E-state index contributed by atoms with van der Waals surface area (Å²) < 4.78 is 24.6. The van der Waals surface area contributed by atoms with Crippen LogP contribution in [0.15, 0.2) is 58.3 Å². The van der Waals surface area contributed by atoms with E-state index >= 15 is 0 Å². The van der Waals surface area contributed by atoms with Crippen molar-refractivity contribution in [3.63, 3.8) is 0 Å². The number of aryl methyl sites for hydroxylation is 2. The minimum atomic E-state index is -3.45. The molecule has 0 spiro atoms. The summed E-state index contributed by atoms with van der Waals surface area (Å²) in [5, 5.41) is 0. The van der Waals surface area contributed by atoms with Crippen LogP contribution in [0.1, 0.15) is 11.1 Å². The number of hydrogen-bond donors (Lipinski definition) is 0. The van der Waals surface area contributed by atoms with Crippen LogP contribution in [0, 0.1) is 13.8 Å². The van der Waals surface area contributed by atoms with Crippen molar-refractivity contribution in [3.8, 4) is 0 Å². The van der Waals surface area contributed by atoms with Crippen LogP contribution in [0.2, 0.25) is 0 Å². The van der Waals surface area contributed by atoms with Crippen LogP contribution in [0.4, 0.5) is 0 Å². The van der Waals surface area contributed by atoms with E-state index in [2.05, 4.69) is 0 Å². The van der Waals surface area contributed by atoms with Gasteiger partial charge in [0, 0.05) is 10.8 Å². The molecule has 0 N–H and O–H groups in total. The Bertz CT molecular complexity index is 709. The molecular formula is C16H17ClO2S2. The summed E-state index contributed by atoms with van der Waals surface area (Å²) in [6.07, 6.45) is 0. The van der Waals surface area contributed by atoms with Gasteiger partial charge in [-0.15, -0.1) is 23.4 Å². The molecule has 1 unspecified atom stereocenters. The molecule has 0 saturated carbocycles. The Morgan fingerprint density at radius 3 is 2.29 bits per heavy atom. The maximum atomic E-state index is 12.7. The highest BCUT2D eigenvalue weighted by molar-refractivity contribution is 8.13. The molecule has 0 bridgehead atoms. The molecule has 0 heterocycles. The van der Waals surface area contributed by atoms with Crippen LogP contribution in [0.5, 0.6) is 0 Å². The van der Waals surface area contributed by atoms with E-state index in [0.29, 0.717) is 4.90 Å². The summed E-state index contributed by atoms with van der Waals surface area (Å²) in [5.41, 5.74) is 2.13. The third kappa shape index (κ3) is 4.02. The molecule has 0 aromatic heterocycles. The summed E-state index contributed by atoms with van der Waals surface area (Å²) >= 11 is 7.21. The van der Waals surface area contributed by atoms with Gasteiger partial charge in [0.15, 0.2) is 9.84 Å². The SMILES string of the molecule is Cc1ccc(S(=O)(=O)C(CCl)Sc2cccc(C)c2)cc1. The molecule has 0 aliphatic carbocycles. The van der Waals surface area contributed by atoms with Gasteiger partial charge in [-0.05, 0) is 38.1 Å². The van der Waals surface area contributed by atoms with Crippen molar-refractivity contribution >= 4 is 33.2 Å². The molecule has 0 fully saturated rings. The largest absolute Gasteiger partial charge is 0.222 e. The molecular weight excluding hydrogens is 324 g/mol. The van der Waals surface area contributed by atoms with Crippen LogP contribution in [0.25, 0.3) is 0 Å². The zero-order chi connectivity index (χ0) is 15.5. The van der Waals surface area contributed by atoms with E-state index in [4.69, 9.17) is 11.6 Å². The first-order valence-electron chi connectivity index (χ1n) is 6.53. The number of hydrogen-bond acceptors (Lipinski definition) is 3.